The van der Waals surface area contributed by atoms with Crippen molar-refractivity contribution in [1.82, 2.24) is 19.7 Å². The van der Waals surface area contributed by atoms with Crippen molar-refractivity contribution in [3.63, 3.8) is 0 Å². The number of anilines is 1. The number of para-hydroxylation sites is 1. The zero-order valence-electron chi connectivity index (χ0n) is 9.73. The molecule has 0 atom stereocenters. The lowest BCUT2D eigenvalue weighted by atomic mass is 10.1. The maximum atomic E-state index is 5.86. The van der Waals surface area contributed by atoms with Gasteiger partial charge in [0.15, 0.2) is 0 Å². The normalized spacial score (nSPS) is 11.2. The second kappa shape index (κ2) is 3.35. The second-order valence-corrected chi connectivity index (χ2v) is 4.09. The Kier molecular flexibility index (Phi) is 1.95. The highest BCUT2D eigenvalue weighted by atomic mass is 15.1. The van der Waals surface area contributed by atoms with Crippen LogP contribution < -0.4 is 5.73 Å². The number of fused-ring (bicyclic) bond motifs is 1. The van der Waals surface area contributed by atoms with E-state index < -0.39 is 0 Å². The van der Waals surface area contributed by atoms with Crippen molar-refractivity contribution in [2.45, 2.75) is 6.92 Å². The first kappa shape index (κ1) is 9.89. The van der Waals surface area contributed by atoms with Crippen LogP contribution in [0.1, 0.15) is 5.82 Å². The molecule has 3 N–H and O–H groups in total. The predicted molar refractivity (Wildman–Crippen MR) is 67.4 cm³/mol. The van der Waals surface area contributed by atoms with Gasteiger partial charge in [-0.2, -0.15) is 5.10 Å². The zero-order valence-corrected chi connectivity index (χ0v) is 9.73. The van der Waals surface area contributed by atoms with E-state index in [0.29, 0.717) is 5.82 Å². The average molecular weight is 227 g/mol. The first-order chi connectivity index (χ1) is 8.18. The first-order valence-corrected chi connectivity index (χ1v) is 5.39. The SMILES string of the molecule is Cc1nc2c(-c3cn[nH]c3N)cccc2n1C. The summed E-state index contributed by atoms with van der Waals surface area (Å²) in [7, 11) is 2.01. The minimum atomic E-state index is 0.570. The van der Waals surface area contributed by atoms with Crippen LogP contribution in [0, 0.1) is 6.92 Å². The molecule has 3 rings (SSSR count). The van der Waals surface area contributed by atoms with Crippen molar-refractivity contribution in [2.24, 2.45) is 7.05 Å². The highest BCUT2D eigenvalue weighted by molar-refractivity contribution is 5.94. The summed E-state index contributed by atoms with van der Waals surface area (Å²) in [5, 5.41) is 6.70. The third-order valence-electron chi connectivity index (χ3n) is 3.09. The van der Waals surface area contributed by atoms with Gasteiger partial charge in [-0.1, -0.05) is 12.1 Å². The molecular formula is C12H13N5. The van der Waals surface area contributed by atoms with Gasteiger partial charge < -0.3 is 10.3 Å². The lowest BCUT2D eigenvalue weighted by molar-refractivity contribution is 0.886. The summed E-state index contributed by atoms with van der Waals surface area (Å²) in [6, 6.07) is 6.07. The number of aryl methyl sites for hydroxylation is 2. The summed E-state index contributed by atoms with van der Waals surface area (Å²) in [6.07, 6.45) is 1.73. The summed E-state index contributed by atoms with van der Waals surface area (Å²) in [5.74, 6) is 1.55. The van der Waals surface area contributed by atoms with Crippen molar-refractivity contribution in [1.29, 1.82) is 0 Å². The van der Waals surface area contributed by atoms with Crippen molar-refractivity contribution < 1.29 is 0 Å². The van der Waals surface area contributed by atoms with Crippen LogP contribution in [0.4, 0.5) is 5.82 Å². The van der Waals surface area contributed by atoms with Gasteiger partial charge in [0.25, 0.3) is 0 Å². The maximum Gasteiger partial charge on any atom is 0.126 e. The smallest absolute Gasteiger partial charge is 0.126 e. The van der Waals surface area contributed by atoms with Crippen LogP contribution in [-0.2, 0) is 7.05 Å². The van der Waals surface area contributed by atoms with E-state index in [2.05, 4.69) is 25.8 Å². The monoisotopic (exact) mass is 227 g/mol. The summed E-state index contributed by atoms with van der Waals surface area (Å²) in [6.45, 7) is 1.99. The van der Waals surface area contributed by atoms with E-state index in [4.69, 9.17) is 5.73 Å². The van der Waals surface area contributed by atoms with Gasteiger partial charge >= 0.3 is 0 Å². The van der Waals surface area contributed by atoms with Gasteiger partial charge in [-0.15, -0.1) is 0 Å². The molecule has 0 aliphatic carbocycles. The Morgan fingerprint density at radius 1 is 1.29 bits per heavy atom. The van der Waals surface area contributed by atoms with E-state index >= 15 is 0 Å². The summed E-state index contributed by atoms with van der Waals surface area (Å²) < 4.78 is 2.06. The Hall–Kier alpha value is -2.30. The number of benzene rings is 1. The molecule has 1 aromatic carbocycles. The number of imidazole rings is 1. The van der Waals surface area contributed by atoms with Gasteiger partial charge in [-0.3, -0.25) is 5.10 Å². The molecule has 86 valence electrons. The van der Waals surface area contributed by atoms with Crippen molar-refractivity contribution >= 4 is 16.9 Å². The van der Waals surface area contributed by atoms with Gasteiger partial charge in [-0.25, -0.2) is 4.98 Å². The molecule has 2 heterocycles. The summed E-state index contributed by atoms with van der Waals surface area (Å²) >= 11 is 0. The predicted octanol–water partition coefficient (Wildman–Crippen LogP) is 1.85. The van der Waals surface area contributed by atoms with E-state index in [1.54, 1.807) is 6.20 Å². The lowest BCUT2D eigenvalue weighted by Gasteiger charge is -2.01. The standard InChI is InChI=1S/C12H13N5/c1-7-15-11-8(9-6-14-16-12(9)13)4-3-5-10(11)17(7)2/h3-6H,1-2H3,(H3,13,14,16). The molecule has 17 heavy (non-hydrogen) atoms. The topological polar surface area (TPSA) is 72.5 Å². The van der Waals surface area contributed by atoms with Crippen LogP contribution in [-0.4, -0.2) is 19.7 Å². The Morgan fingerprint density at radius 2 is 2.12 bits per heavy atom. The first-order valence-electron chi connectivity index (χ1n) is 5.39. The van der Waals surface area contributed by atoms with Crippen LogP contribution in [0.3, 0.4) is 0 Å². The molecule has 0 bridgehead atoms. The number of rotatable bonds is 1. The number of hydrogen-bond acceptors (Lipinski definition) is 3. The average Bonchev–Trinajstić information content (AvgIpc) is 2.85. The van der Waals surface area contributed by atoms with E-state index in [-0.39, 0.29) is 0 Å². The lowest BCUT2D eigenvalue weighted by Crippen LogP contribution is -1.90. The zero-order chi connectivity index (χ0) is 12.0. The van der Waals surface area contributed by atoms with Crippen LogP contribution in [0.25, 0.3) is 22.2 Å². The Balaban J connectivity index is 2.38. The molecule has 2 aromatic heterocycles. The molecular weight excluding hydrogens is 214 g/mol. The van der Waals surface area contributed by atoms with Crippen LogP contribution >= 0.6 is 0 Å². The van der Waals surface area contributed by atoms with Crippen LogP contribution in [0.15, 0.2) is 24.4 Å². The van der Waals surface area contributed by atoms with Crippen molar-refractivity contribution in [2.75, 3.05) is 5.73 Å². The van der Waals surface area contributed by atoms with E-state index in [0.717, 1.165) is 28.0 Å². The Labute approximate surface area is 98.3 Å². The highest BCUT2D eigenvalue weighted by Gasteiger charge is 2.12. The number of nitrogen functional groups attached to an aromatic ring is 1. The summed E-state index contributed by atoms with van der Waals surface area (Å²) in [4.78, 5) is 4.58. The molecule has 0 radical (unpaired) electrons. The van der Waals surface area contributed by atoms with E-state index in [1.807, 2.05) is 26.1 Å². The molecule has 0 unspecified atom stereocenters. The van der Waals surface area contributed by atoms with Crippen LogP contribution in [0.5, 0.6) is 0 Å². The third kappa shape index (κ3) is 1.32. The quantitative estimate of drug-likeness (QED) is 0.666. The molecule has 0 saturated heterocycles. The molecule has 0 spiro atoms. The number of hydrogen-bond donors (Lipinski definition) is 2. The fraction of sp³-hybridized carbons (Fsp3) is 0.167. The maximum absolute atomic E-state index is 5.86. The Morgan fingerprint density at radius 3 is 2.82 bits per heavy atom. The van der Waals surface area contributed by atoms with Crippen molar-refractivity contribution in [3.8, 4) is 11.1 Å². The molecule has 5 nitrogen and oxygen atoms in total. The van der Waals surface area contributed by atoms with Gasteiger partial charge in [0, 0.05) is 18.2 Å². The summed E-state index contributed by atoms with van der Waals surface area (Å²) in [5.41, 5.74) is 9.82. The fourth-order valence-electron chi connectivity index (χ4n) is 2.06. The van der Waals surface area contributed by atoms with Gasteiger partial charge in [-0.05, 0) is 13.0 Å². The van der Waals surface area contributed by atoms with Gasteiger partial charge in [0.05, 0.1) is 17.2 Å². The van der Waals surface area contributed by atoms with Gasteiger partial charge in [0.1, 0.15) is 11.6 Å². The number of nitrogens with one attached hydrogen (secondary N) is 1. The van der Waals surface area contributed by atoms with Crippen molar-refractivity contribution in [3.05, 3.63) is 30.2 Å². The van der Waals surface area contributed by atoms with Crippen LogP contribution in [0.2, 0.25) is 0 Å². The molecule has 0 aliphatic rings. The fourth-order valence-corrected chi connectivity index (χ4v) is 2.06. The van der Waals surface area contributed by atoms with Gasteiger partial charge in [0.2, 0.25) is 0 Å². The molecule has 5 heteroatoms. The number of nitrogens with two attached hydrogens (primary N) is 1. The van der Waals surface area contributed by atoms with E-state index in [1.165, 1.54) is 0 Å². The number of aromatic amines is 1. The molecule has 0 saturated carbocycles. The molecule has 3 aromatic rings. The third-order valence-corrected chi connectivity index (χ3v) is 3.09. The number of H-pyrrole nitrogens is 1. The Bertz CT molecular complexity index is 692. The largest absolute Gasteiger partial charge is 0.384 e. The second-order valence-electron chi connectivity index (χ2n) is 4.09. The van der Waals surface area contributed by atoms with E-state index in [9.17, 15) is 0 Å². The number of nitrogens with zero attached hydrogens (tertiary/aromatic N) is 3. The minimum absolute atomic E-state index is 0.570. The highest BCUT2D eigenvalue weighted by Crippen LogP contribution is 2.30. The minimum Gasteiger partial charge on any atom is -0.384 e. The number of aromatic nitrogens is 4. The molecule has 0 amide bonds. The molecule has 0 aliphatic heterocycles. The molecule has 0 fully saturated rings.